The molecule has 0 unspecified atom stereocenters. The van der Waals surface area contributed by atoms with Gasteiger partial charge in [0.05, 0.1) is 7.11 Å². The van der Waals surface area contributed by atoms with Gasteiger partial charge in [-0.25, -0.2) is 9.18 Å². The summed E-state index contributed by atoms with van der Waals surface area (Å²) < 4.78 is 57.9. The van der Waals surface area contributed by atoms with Gasteiger partial charge < -0.3 is 14.9 Å². The first-order valence-electron chi connectivity index (χ1n) is 7.06. The monoisotopic (exact) mass is 350 g/mol. The topological polar surface area (TPSA) is 66.8 Å². The van der Waals surface area contributed by atoms with Crippen LogP contribution in [0.4, 0.5) is 17.6 Å². The van der Waals surface area contributed by atoms with Crippen molar-refractivity contribution in [2.45, 2.75) is 38.5 Å². The van der Waals surface area contributed by atoms with Gasteiger partial charge in [0.1, 0.15) is 11.6 Å². The summed E-state index contributed by atoms with van der Waals surface area (Å²) in [6.45, 7) is 3.03. The molecule has 4 nitrogen and oxygen atoms in total. The Morgan fingerprint density at radius 2 is 1.92 bits per heavy atom. The van der Waals surface area contributed by atoms with Gasteiger partial charge in [0.25, 0.3) is 5.60 Å². The van der Waals surface area contributed by atoms with Gasteiger partial charge in [-0.2, -0.15) is 13.2 Å². The summed E-state index contributed by atoms with van der Waals surface area (Å²) in [6, 6.07) is 2.26. The summed E-state index contributed by atoms with van der Waals surface area (Å²) in [6.07, 6.45) is -5.15. The minimum Gasteiger partial charge on any atom is -0.496 e. The lowest BCUT2D eigenvalue weighted by Gasteiger charge is -2.28. The molecule has 0 amide bonds. The van der Waals surface area contributed by atoms with E-state index in [0.717, 1.165) is 6.07 Å². The molecule has 1 aromatic carbocycles. The van der Waals surface area contributed by atoms with Crippen molar-refractivity contribution in [2.24, 2.45) is 0 Å². The lowest BCUT2D eigenvalue weighted by molar-refractivity contribution is -0.258. The molecule has 0 saturated heterocycles. The summed E-state index contributed by atoms with van der Waals surface area (Å²) in [5.74, 6) is -2.98. The molecule has 0 fully saturated rings. The molecule has 2 N–H and O–H groups in total. The van der Waals surface area contributed by atoms with Crippen molar-refractivity contribution in [1.29, 1.82) is 0 Å². The van der Waals surface area contributed by atoms with Gasteiger partial charge in [0.15, 0.2) is 0 Å². The molecule has 0 spiro atoms. The average Bonchev–Trinajstić information content (AvgIpc) is 2.50. The van der Waals surface area contributed by atoms with Gasteiger partial charge in [0.2, 0.25) is 0 Å². The highest BCUT2D eigenvalue weighted by molar-refractivity contribution is 5.83. The van der Waals surface area contributed by atoms with Gasteiger partial charge in [0, 0.05) is 17.5 Å². The zero-order valence-electron chi connectivity index (χ0n) is 13.4. The summed E-state index contributed by atoms with van der Waals surface area (Å²) in [7, 11) is 1.23. The Balaban J connectivity index is 3.47. The van der Waals surface area contributed by atoms with E-state index in [1.54, 1.807) is 6.92 Å². The number of carboxylic acid groups (broad SMARTS) is 1. The minimum atomic E-state index is -5.38. The number of halogens is 4. The number of carbonyl (C=O) groups is 1. The molecule has 0 bridgehead atoms. The predicted octanol–water partition coefficient (Wildman–Crippen LogP) is 3.57. The minimum absolute atomic E-state index is 0.0144. The summed E-state index contributed by atoms with van der Waals surface area (Å²) >= 11 is 0. The van der Waals surface area contributed by atoms with Crippen LogP contribution < -0.4 is 4.74 Å². The van der Waals surface area contributed by atoms with Gasteiger partial charge in [-0.3, -0.25) is 0 Å². The van der Waals surface area contributed by atoms with Crippen molar-refractivity contribution in [1.82, 2.24) is 0 Å². The zero-order chi connectivity index (χ0) is 18.7. The lowest BCUT2D eigenvalue weighted by atomic mass is 9.88. The number of benzene rings is 1. The Labute approximate surface area is 136 Å². The maximum atomic E-state index is 13.8. The van der Waals surface area contributed by atoms with Crippen LogP contribution in [0.3, 0.4) is 0 Å². The van der Waals surface area contributed by atoms with Crippen LogP contribution in [-0.4, -0.2) is 35.1 Å². The summed E-state index contributed by atoms with van der Waals surface area (Å²) in [4.78, 5) is 11.0. The number of carboxylic acids is 1. The normalized spacial score (nSPS) is 15.1. The highest BCUT2D eigenvalue weighted by Crippen LogP contribution is 2.41. The zero-order valence-corrected chi connectivity index (χ0v) is 13.4. The van der Waals surface area contributed by atoms with Crippen molar-refractivity contribution < 1.29 is 37.3 Å². The molecular formula is C16H18F4O4. The van der Waals surface area contributed by atoms with Gasteiger partial charge in [-0.15, -0.1) is 0 Å². The van der Waals surface area contributed by atoms with E-state index >= 15 is 0 Å². The number of rotatable bonds is 6. The number of aliphatic carboxylic acids is 1. The fourth-order valence-electron chi connectivity index (χ4n) is 2.34. The van der Waals surface area contributed by atoms with Crippen molar-refractivity contribution in [3.63, 3.8) is 0 Å². The molecule has 0 aliphatic rings. The first kappa shape index (κ1) is 20.0. The molecule has 0 aliphatic carbocycles. The standard InChI is InChI=1S/C16H18F4O4/c1-4-9(8-15(23,14(21)22)16(18,19)20)11-6-7-12(17)10(5-2)13(11)24-3/h4,6-7,23H,5,8H2,1-3H3,(H,21,22)/t15-/m1/s1. The van der Waals surface area contributed by atoms with E-state index in [0.29, 0.717) is 0 Å². The predicted molar refractivity (Wildman–Crippen MR) is 79.2 cm³/mol. The van der Waals surface area contributed by atoms with E-state index in [4.69, 9.17) is 9.84 Å². The number of aliphatic hydroxyl groups is 1. The first-order chi connectivity index (χ1) is 11.0. The fraction of sp³-hybridized carbons (Fsp3) is 0.438. The second kappa shape index (κ2) is 7.21. The molecule has 8 heteroatoms. The highest BCUT2D eigenvalue weighted by atomic mass is 19.4. The van der Waals surface area contributed by atoms with E-state index in [1.807, 2.05) is 0 Å². The molecular weight excluding hydrogens is 332 g/mol. The number of hydrogen-bond donors (Lipinski definition) is 2. The van der Waals surface area contributed by atoms with E-state index in [9.17, 15) is 27.5 Å². The number of hydrogen-bond acceptors (Lipinski definition) is 3. The second-order valence-electron chi connectivity index (χ2n) is 5.11. The Hall–Kier alpha value is -2.09. The molecule has 134 valence electrons. The largest absolute Gasteiger partial charge is 0.496 e. The third kappa shape index (κ3) is 3.53. The van der Waals surface area contributed by atoms with Crippen LogP contribution in [0.15, 0.2) is 18.2 Å². The molecule has 1 atom stereocenters. The summed E-state index contributed by atoms with van der Waals surface area (Å²) in [5.41, 5.74) is -3.83. The molecule has 0 saturated carbocycles. The van der Waals surface area contributed by atoms with Crippen LogP contribution in [0.2, 0.25) is 0 Å². The van der Waals surface area contributed by atoms with Crippen LogP contribution >= 0.6 is 0 Å². The van der Waals surface area contributed by atoms with E-state index < -0.39 is 30.0 Å². The molecule has 0 aromatic heterocycles. The number of allylic oxidation sites excluding steroid dienone is 1. The molecule has 24 heavy (non-hydrogen) atoms. The number of alkyl halides is 3. The SMILES string of the molecule is CC=C(C[C@@](O)(C(=O)O)C(F)(F)F)c1ccc(F)c(CC)c1OC. The van der Waals surface area contributed by atoms with E-state index in [-0.39, 0.29) is 28.9 Å². The van der Waals surface area contributed by atoms with Gasteiger partial charge in [-0.05, 0) is 31.1 Å². The maximum absolute atomic E-state index is 13.8. The Morgan fingerprint density at radius 1 is 1.33 bits per heavy atom. The molecule has 1 rings (SSSR count). The Kier molecular flexibility index (Phi) is 5.99. The van der Waals surface area contributed by atoms with Crippen molar-refractivity contribution in [3.8, 4) is 5.75 Å². The molecule has 1 aromatic rings. The molecule has 0 aliphatic heterocycles. The van der Waals surface area contributed by atoms with E-state index in [1.165, 1.54) is 26.2 Å². The molecule has 0 radical (unpaired) electrons. The van der Waals surface area contributed by atoms with Gasteiger partial charge >= 0.3 is 12.1 Å². The summed E-state index contributed by atoms with van der Waals surface area (Å²) in [5, 5.41) is 18.5. The van der Waals surface area contributed by atoms with Crippen LogP contribution in [0.1, 0.15) is 31.4 Å². The quantitative estimate of drug-likeness (QED) is 0.770. The van der Waals surface area contributed by atoms with Gasteiger partial charge in [-0.1, -0.05) is 13.0 Å². The second-order valence-corrected chi connectivity index (χ2v) is 5.11. The van der Waals surface area contributed by atoms with Crippen LogP contribution in [0, 0.1) is 5.82 Å². The molecule has 0 heterocycles. The highest BCUT2D eigenvalue weighted by Gasteiger charge is 2.60. The third-order valence-corrected chi connectivity index (χ3v) is 3.72. The fourth-order valence-corrected chi connectivity index (χ4v) is 2.34. The number of ether oxygens (including phenoxy) is 1. The van der Waals surface area contributed by atoms with Crippen molar-refractivity contribution in [2.75, 3.05) is 7.11 Å². The van der Waals surface area contributed by atoms with Crippen LogP contribution in [0.5, 0.6) is 5.75 Å². The van der Waals surface area contributed by atoms with Crippen molar-refractivity contribution in [3.05, 3.63) is 35.2 Å². The van der Waals surface area contributed by atoms with Crippen LogP contribution in [-0.2, 0) is 11.2 Å². The maximum Gasteiger partial charge on any atom is 0.428 e. The Bertz CT molecular complexity index is 652. The van der Waals surface area contributed by atoms with E-state index in [2.05, 4.69) is 0 Å². The smallest absolute Gasteiger partial charge is 0.428 e. The Morgan fingerprint density at radius 3 is 2.29 bits per heavy atom. The first-order valence-corrected chi connectivity index (χ1v) is 7.06. The van der Waals surface area contributed by atoms with Crippen molar-refractivity contribution >= 4 is 11.5 Å². The number of methoxy groups -OCH3 is 1. The third-order valence-electron chi connectivity index (χ3n) is 3.72. The van der Waals surface area contributed by atoms with Crippen LogP contribution in [0.25, 0.3) is 5.57 Å². The lowest BCUT2D eigenvalue weighted by Crippen LogP contribution is -2.52. The average molecular weight is 350 g/mol.